The minimum absolute atomic E-state index is 0.978. The van der Waals surface area contributed by atoms with Crippen LogP contribution >= 0.6 is 0 Å². The first-order valence-corrected chi connectivity index (χ1v) is 12.7. The van der Waals surface area contributed by atoms with Crippen molar-refractivity contribution in [2.75, 3.05) is 0 Å². The third kappa shape index (κ3) is 6.51. The molecule has 0 radical (unpaired) electrons. The van der Waals surface area contributed by atoms with Crippen molar-refractivity contribution in [3.8, 4) is 33.4 Å². The number of benzene rings is 6. The van der Waals surface area contributed by atoms with Gasteiger partial charge in [0.05, 0.1) is 0 Å². The standard InChI is InChI=1S/C19H16.C18H14/c1-3-9-16(10-4-1)15-18-13-7-8-14-19(18)17-11-5-2-6-12-17;1-3-7-15(8-4-1)17-11-13-18(14-12-17)16-9-5-2-6-10-16/h1-14H,15H2;1-14H. The van der Waals surface area contributed by atoms with E-state index >= 15 is 0 Å². The van der Waals surface area contributed by atoms with Crippen molar-refractivity contribution in [2.45, 2.75) is 6.42 Å². The highest BCUT2D eigenvalue weighted by atomic mass is 14.1. The summed E-state index contributed by atoms with van der Waals surface area (Å²) in [5.41, 5.74) is 10.4. The number of hydrogen-bond acceptors (Lipinski definition) is 0. The molecule has 0 aromatic heterocycles. The summed E-state index contributed by atoms with van der Waals surface area (Å²) in [6.45, 7) is 0. The summed E-state index contributed by atoms with van der Waals surface area (Å²) in [6.07, 6.45) is 0.978. The molecular formula is C37H30. The minimum atomic E-state index is 0.978. The lowest BCUT2D eigenvalue weighted by molar-refractivity contribution is 1.19. The molecule has 0 atom stereocenters. The van der Waals surface area contributed by atoms with Gasteiger partial charge in [0, 0.05) is 0 Å². The SMILES string of the molecule is c1ccc(-c2ccc(-c3ccccc3)cc2)cc1.c1ccc(Cc2ccccc2-c2ccccc2)cc1. The first kappa shape index (κ1) is 24.0. The summed E-state index contributed by atoms with van der Waals surface area (Å²) >= 11 is 0. The lowest BCUT2D eigenvalue weighted by Gasteiger charge is -2.09. The topological polar surface area (TPSA) is 0 Å². The highest BCUT2D eigenvalue weighted by Gasteiger charge is 2.04. The lowest BCUT2D eigenvalue weighted by atomic mass is 9.95. The second-order valence-electron chi connectivity index (χ2n) is 8.99. The zero-order valence-electron chi connectivity index (χ0n) is 20.9. The predicted molar refractivity (Wildman–Crippen MR) is 158 cm³/mol. The van der Waals surface area contributed by atoms with Gasteiger partial charge in [-0.2, -0.15) is 0 Å². The van der Waals surface area contributed by atoms with Gasteiger partial charge in [0.15, 0.2) is 0 Å². The molecule has 0 heterocycles. The summed E-state index contributed by atoms with van der Waals surface area (Å²) < 4.78 is 0. The van der Waals surface area contributed by atoms with E-state index in [1.807, 2.05) is 12.1 Å². The summed E-state index contributed by atoms with van der Waals surface area (Å²) in [5.74, 6) is 0. The van der Waals surface area contributed by atoms with Gasteiger partial charge in [-0.05, 0) is 50.9 Å². The Morgan fingerprint density at radius 1 is 0.270 bits per heavy atom. The molecule has 0 aliphatic carbocycles. The summed E-state index contributed by atoms with van der Waals surface area (Å²) in [4.78, 5) is 0. The monoisotopic (exact) mass is 474 g/mol. The van der Waals surface area contributed by atoms with E-state index in [2.05, 4.69) is 158 Å². The molecule has 0 N–H and O–H groups in total. The van der Waals surface area contributed by atoms with Crippen molar-refractivity contribution >= 4 is 0 Å². The van der Waals surface area contributed by atoms with E-state index in [0.717, 1.165) is 6.42 Å². The van der Waals surface area contributed by atoms with Gasteiger partial charge in [0.2, 0.25) is 0 Å². The molecular weight excluding hydrogens is 444 g/mol. The fraction of sp³-hybridized carbons (Fsp3) is 0.0270. The maximum atomic E-state index is 2.22. The quantitative estimate of drug-likeness (QED) is 0.233. The average Bonchev–Trinajstić information content (AvgIpc) is 3.00. The van der Waals surface area contributed by atoms with Crippen molar-refractivity contribution in [3.05, 3.63) is 181 Å². The lowest BCUT2D eigenvalue weighted by Crippen LogP contribution is -1.91. The molecule has 178 valence electrons. The number of hydrogen-bond donors (Lipinski definition) is 0. The van der Waals surface area contributed by atoms with Crippen molar-refractivity contribution in [1.29, 1.82) is 0 Å². The molecule has 0 spiro atoms. The first-order valence-electron chi connectivity index (χ1n) is 12.7. The molecule has 6 aromatic carbocycles. The molecule has 0 unspecified atom stereocenters. The maximum absolute atomic E-state index is 2.22. The Bertz CT molecular complexity index is 1430. The van der Waals surface area contributed by atoms with Gasteiger partial charge in [-0.25, -0.2) is 0 Å². The third-order valence-corrected chi connectivity index (χ3v) is 6.44. The van der Waals surface area contributed by atoms with E-state index in [1.54, 1.807) is 0 Å². The molecule has 0 aliphatic heterocycles. The molecule has 0 amide bonds. The summed E-state index contributed by atoms with van der Waals surface area (Å²) in [6, 6.07) is 59.5. The Morgan fingerprint density at radius 2 is 0.622 bits per heavy atom. The van der Waals surface area contributed by atoms with Crippen LogP contribution in [0.1, 0.15) is 11.1 Å². The van der Waals surface area contributed by atoms with Gasteiger partial charge in [-0.15, -0.1) is 0 Å². The Labute approximate surface area is 220 Å². The Hall–Kier alpha value is -4.68. The van der Waals surface area contributed by atoms with Crippen LogP contribution in [0.5, 0.6) is 0 Å². The van der Waals surface area contributed by atoms with Gasteiger partial charge in [-0.1, -0.05) is 170 Å². The van der Waals surface area contributed by atoms with E-state index in [1.165, 1.54) is 44.5 Å². The molecule has 0 nitrogen and oxygen atoms in total. The zero-order chi connectivity index (χ0) is 25.1. The van der Waals surface area contributed by atoms with E-state index in [0.29, 0.717) is 0 Å². The Balaban J connectivity index is 0.000000152. The van der Waals surface area contributed by atoms with E-state index in [4.69, 9.17) is 0 Å². The van der Waals surface area contributed by atoms with Crippen LogP contribution in [0.25, 0.3) is 33.4 Å². The molecule has 0 saturated carbocycles. The summed E-state index contributed by atoms with van der Waals surface area (Å²) in [7, 11) is 0. The predicted octanol–water partition coefficient (Wildman–Crippen LogP) is 9.96. The van der Waals surface area contributed by atoms with Crippen molar-refractivity contribution in [2.24, 2.45) is 0 Å². The van der Waals surface area contributed by atoms with Crippen LogP contribution in [-0.2, 0) is 6.42 Å². The molecule has 0 aliphatic rings. The third-order valence-electron chi connectivity index (χ3n) is 6.44. The highest BCUT2D eigenvalue weighted by Crippen LogP contribution is 2.26. The van der Waals surface area contributed by atoms with Crippen LogP contribution in [0.4, 0.5) is 0 Å². The normalized spacial score (nSPS) is 10.3. The highest BCUT2D eigenvalue weighted by molar-refractivity contribution is 5.70. The average molecular weight is 475 g/mol. The fourth-order valence-corrected chi connectivity index (χ4v) is 4.51. The van der Waals surface area contributed by atoms with Crippen LogP contribution in [0, 0.1) is 0 Å². The number of rotatable bonds is 5. The van der Waals surface area contributed by atoms with Crippen molar-refractivity contribution in [3.63, 3.8) is 0 Å². The Morgan fingerprint density at radius 3 is 1.11 bits per heavy atom. The van der Waals surface area contributed by atoms with Crippen LogP contribution < -0.4 is 0 Å². The Kier molecular flexibility index (Phi) is 8.01. The molecule has 0 bridgehead atoms. The van der Waals surface area contributed by atoms with Gasteiger partial charge in [0.25, 0.3) is 0 Å². The molecule has 6 aromatic rings. The van der Waals surface area contributed by atoms with Crippen molar-refractivity contribution < 1.29 is 0 Å². The summed E-state index contributed by atoms with van der Waals surface area (Å²) in [5, 5.41) is 0. The van der Waals surface area contributed by atoms with Gasteiger partial charge < -0.3 is 0 Å². The fourth-order valence-electron chi connectivity index (χ4n) is 4.51. The van der Waals surface area contributed by atoms with E-state index < -0.39 is 0 Å². The molecule has 37 heavy (non-hydrogen) atoms. The smallest absolute Gasteiger partial charge is 0.00196 e. The maximum Gasteiger partial charge on any atom is -0.00196 e. The van der Waals surface area contributed by atoms with Crippen LogP contribution in [0.3, 0.4) is 0 Å². The van der Waals surface area contributed by atoms with Crippen LogP contribution in [0.2, 0.25) is 0 Å². The van der Waals surface area contributed by atoms with Crippen molar-refractivity contribution in [1.82, 2.24) is 0 Å². The molecule has 0 heteroatoms. The van der Waals surface area contributed by atoms with Gasteiger partial charge in [-0.3, -0.25) is 0 Å². The van der Waals surface area contributed by atoms with Gasteiger partial charge >= 0.3 is 0 Å². The van der Waals surface area contributed by atoms with E-state index in [-0.39, 0.29) is 0 Å². The minimum Gasteiger partial charge on any atom is -0.0622 e. The zero-order valence-corrected chi connectivity index (χ0v) is 20.9. The van der Waals surface area contributed by atoms with Gasteiger partial charge in [0.1, 0.15) is 0 Å². The second kappa shape index (κ2) is 12.3. The molecule has 0 fully saturated rings. The largest absolute Gasteiger partial charge is 0.0622 e. The van der Waals surface area contributed by atoms with Crippen LogP contribution in [-0.4, -0.2) is 0 Å². The van der Waals surface area contributed by atoms with Crippen LogP contribution in [0.15, 0.2) is 170 Å². The first-order chi connectivity index (χ1) is 18.4. The molecule has 6 rings (SSSR count). The second-order valence-corrected chi connectivity index (χ2v) is 8.99. The molecule has 0 saturated heterocycles. The van der Waals surface area contributed by atoms with E-state index in [9.17, 15) is 0 Å².